The first-order valence-corrected chi connectivity index (χ1v) is 7.63. The lowest BCUT2D eigenvalue weighted by Crippen LogP contribution is -2.28. The predicted octanol–water partition coefficient (Wildman–Crippen LogP) is 3.25. The Labute approximate surface area is 128 Å². The number of nitrogens with one attached hydrogen (secondary N) is 2. The van der Waals surface area contributed by atoms with Gasteiger partial charge in [0.05, 0.1) is 5.56 Å². The maximum absolute atomic E-state index is 13.7. The van der Waals surface area contributed by atoms with E-state index in [0.29, 0.717) is 11.8 Å². The van der Waals surface area contributed by atoms with Gasteiger partial charge in [-0.1, -0.05) is 18.2 Å². The van der Waals surface area contributed by atoms with E-state index in [0.717, 1.165) is 18.8 Å². The Bertz CT molecular complexity index is 744. The van der Waals surface area contributed by atoms with Gasteiger partial charge in [0.25, 0.3) is 5.91 Å². The van der Waals surface area contributed by atoms with E-state index < -0.39 is 11.7 Å². The minimum Gasteiger partial charge on any atom is -0.322 e. The van der Waals surface area contributed by atoms with Gasteiger partial charge in [0.2, 0.25) is 0 Å². The summed E-state index contributed by atoms with van der Waals surface area (Å²) in [7, 11) is 0. The number of hydrogen-bond donors (Lipinski definition) is 2. The van der Waals surface area contributed by atoms with E-state index in [-0.39, 0.29) is 5.56 Å². The van der Waals surface area contributed by atoms with Crippen LogP contribution in [0.2, 0.25) is 0 Å². The van der Waals surface area contributed by atoms with Crippen molar-refractivity contribution in [2.45, 2.75) is 18.3 Å². The maximum atomic E-state index is 13.7. The average Bonchev–Trinajstić information content (AvgIpc) is 2.78. The van der Waals surface area contributed by atoms with Crippen LogP contribution in [-0.2, 0) is 0 Å². The molecule has 4 rings (SSSR count). The van der Waals surface area contributed by atoms with Crippen molar-refractivity contribution >= 4 is 11.6 Å². The number of amides is 1. The van der Waals surface area contributed by atoms with Crippen LogP contribution in [0.4, 0.5) is 10.1 Å². The Hall–Kier alpha value is -2.20. The smallest absolute Gasteiger partial charge is 0.258 e. The van der Waals surface area contributed by atoms with E-state index in [2.05, 4.69) is 16.7 Å². The highest BCUT2D eigenvalue weighted by Gasteiger charge is 2.34. The van der Waals surface area contributed by atoms with Crippen LogP contribution in [-0.4, -0.2) is 19.0 Å². The summed E-state index contributed by atoms with van der Waals surface area (Å²) in [5, 5.41) is 6.26. The molecule has 1 aliphatic carbocycles. The molecule has 2 aromatic rings. The van der Waals surface area contributed by atoms with E-state index in [4.69, 9.17) is 0 Å². The second-order valence-corrected chi connectivity index (χ2v) is 6.07. The van der Waals surface area contributed by atoms with Crippen molar-refractivity contribution in [2.24, 2.45) is 0 Å². The van der Waals surface area contributed by atoms with Gasteiger partial charge in [0, 0.05) is 18.8 Å². The van der Waals surface area contributed by atoms with Crippen molar-refractivity contribution in [3.05, 3.63) is 65.0 Å². The molecule has 2 N–H and O–H groups in total. The lowest BCUT2D eigenvalue weighted by molar-refractivity contribution is 0.102. The van der Waals surface area contributed by atoms with Gasteiger partial charge in [-0.3, -0.25) is 4.79 Å². The van der Waals surface area contributed by atoms with Crippen molar-refractivity contribution in [1.29, 1.82) is 0 Å². The molecule has 0 aromatic heterocycles. The number of rotatable bonds is 2. The molecule has 112 valence electrons. The van der Waals surface area contributed by atoms with Gasteiger partial charge in [0.1, 0.15) is 5.82 Å². The number of carbonyl (C=O) groups excluding carboxylic acids is 1. The van der Waals surface area contributed by atoms with Crippen LogP contribution in [0.5, 0.6) is 0 Å². The summed E-state index contributed by atoms with van der Waals surface area (Å²) in [4.78, 5) is 12.2. The molecule has 1 amide bonds. The molecule has 0 saturated carbocycles. The highest BCUT2D eigenvalue weighted by atomic mass is 19.1. The summed E-state index contributed by atoms with van der Waals surface area (Å²) in [6.07, 6.45) is 1.19. The zero-order valence-electron chi connectivity index (χ0n) is 12.1. The lowest BCUT2D eigenvalue weighted by atomic mass is 9.98. The van der Waals surface area contributed by atoms with Crippen molar-refractivity contribution in [3.63, 3.8) is 0 Å². The van der Waals surface area contributed by atoms with Crippen molar-refractivity contribution in [2.75, 3.05) is 18.4 Å². The Morgan fingerprint density at radius 1 is 1.09 bits per heavy atom. The van der Waals surface area contributed by atoms with Crippen LogP contribution in [0.25, 0.3) is 0 Å². The van der Waals surface area contributed by atoms with Gasteiger partial charge in [-0.25, -0.2) is 4.39 Å². The van der Waals surface area contributed by atoms with E-state index in [1.165, 1.54) is 29.7 Å². The highest BCUT2D eigenvalue weighted by Crippen LogP contribution is 2.44. The molecule has 0 radical (unpaired) electrons. The summed E-state index contributed by atoms with van der Waals surface area (Å²) in [6, 6.07) is 12.1. The van der Waals surface area contributed by atoms with E-state index in [1.807, 2.05) is 12.1 Å². The molecular weight excluding hydrogens is 279 g/mol. The minimum absolute atomic E-state index is 0.0726. The van der Waals surface area contributed by atoms with Gasteiger partial charge < -0.3 is 10.6 Å². The normalized spacial score (nSPS) is 22.2. The largest absolute Gasteiger partial charge is 0.322 e. The highest BCUT2D eigenvalue weighted by molar-refractivity contribution is 6.04. The van der Waals surface area contributed by atoms with E-state index >= 15 is 0 Å². The topological polar surface area (TPSA) is 41.1 Å². The summed E-state index contributed by atoms with van der Waals surface area (Å²) >= 11 is 0. The van der Waals surface area contributed by atoms with Crippen LogP contribution in [0.3, 0.4) is 0 Å². The first-order chi connectivity index (χ1) is 10.7. The quantitative estimate of drug-likeness (QED) is 0.893. The molecule has 1 saturated heterocycles. The number of piperidine rings is 1. The number of benzene rings is 2. The molecule has 2 aliphatic rings. The Balaban J connectivity index is 1.60. The fourth-order valence-corrected chi connectivity index (χ4v) is 3.64. The Morgan fingerprint density at radius 3 is 2.68 bits per heavy atom. The average molecular weight is 296 g/mol. The summed E-state index contributed by atoms with van der Waals surface area (Å²) < 4.78 is 13.7. The summed E-state index contributed by atoms with van der Waals surface area (Å²) in [5.41, 5.74) is 3.52. The molecule has 22 heavy (non-hydrogen) atoms. The van der Waals surface area contributed by atoms with Gasteiger partial charge in [-0.15, -0.1) is 0 Å². The molecule has 1 aliphatic heterocycles. The molecule has 2 atom stereocenters. The Kier molecular flexibility index (Phi) is 3.19. The third-order valence-electron chi connectivity index (χ3n) is 4.69. The number of carbonyl (C=O) groups is 1. The van der Waals surface area contributed by atoms with Gasteiger partial charge in [-0.05, 0) is 53.6 Å². The molecule has 2 bridgehead atoms. The monoisotopic (exact) mass is 296 g/mol. The number of hydrogen-bond acceptors (Lipinski definition) is 2. The molecule has 1 fully saturated rings. The fraction of sp³-hybridized carbons (Fsp3) is 0.278. The summed E-state index contributed by atoms with van der Waals surface area (Å²) in [6.45, 7) is 2.03. The minimum atomic E-state index is -0.499. The zero-order valence-corrected chi connectivity index (χ0v) is 12.1. The van der Waals surface area contributed by atoms with Crippen molar-refractivity contribution < 1.29 is 9.18 Å². The lowest BCUT2D eigenvalue weighted by Gasteiger charge is -2.19. The maximum Gasteiger partial charge on any atom is 0.258 e. The third-order valence-corrected chi connectivity index (χ3v) is 4.69. The molecule has 3 nitrogen and oxygen atoms in total. The molecule has 1 heterocycles. The second kappa shape index (κ2) is 5.21. The molecular formula is C18H17FN2O. The van der Waals surface area contributed by atoms with Crippen LogP contribution >= 0.6 is 0 Å². The molecule has 0 spiro atoms. The third kappa shape index (κ3) is 2.20. The van der Waals surface area contributed by atoms with Crippen LogP contribution in [0.15, 0.2) is 42.5 Å². The summed E-state index contributed by atoms with van der Waals surface area (Å²) in [5.74, 6) is 0.211. The van der Waals surface area contributed by atoms with Crippen LogP contribution < -0.4 is 10.6 Å². The molecule has 4 heteroatoms. The van der Waals surface area contributed by atoms with Gasteiger partial charge >= 0.3 is 0 Å². The zero-order chi connectivity index (χ0) is 15.1. The first-order valence-electron chi connectivity index (χ1n) is 7.63. The van der Waals surface area contributed by atoms with Gasteiger partial charge in [0.15, 0.2) is 0 Å². The van der Waals surface area contributed by atoms with Crippen molar-refractivity contribution in [1.82, 2.24) is 5.32 Å². The standard InChI is InChI=1S/C18H17FN2O/c19-17-4-2-1-3-15(17)18(22)21-13-5-6-14-11-7-12(10-20-9-11)16(14)8-13/h1-6,8,11-12,20H,7,9-10H2,(H,21,22). The fourth-order valence-electron chi connectivity index (χ4n) is 3.64. The number of fused-ring (bicyclic) bond motifs is 5. The van der Waals surface area contributed by atoms with Gasteiger partial charge in [-0.2, -0.15) is 0 Å². The molecule has 2 aromatic carbocycles. The molecule has 2 unspecified atom stereocenters. The van der Waals surface area contributed by atoms with Crippen molar-refractivity contribution in [3.8, 4) is 0 Å². The number of halogens is 1. The Morgan fingerprint density at radius 2 is 1.86 bits per heavy atom. The second-order valence-electron chi connectivity index (χ2n) is 6.07. The first kappa shape index (κ1) is 13.5. The van der Waals surface area contributed by atoms with E-state index in [9.17, 15) is 9.18 Å². The van der Waals surface area contributed by atoms with E-state index in [1.54, 1.807) is 12.1 Å². The predicted molar refractivity (Wildman–Crippen MR) is 83.8 cm³/mol. The van der Waals surface area contributed by atoms with Crippen LogP contribution in [0.1, 0.15) is 39.7 Å². The van der Waals surface area contributed by atoms with Crippen LogP contribution in [0, 0.1) is 5.82 Å². The number of anilines is 1. The SMILES string of the molecule is O=C(Nc1ccc2c(c1)C1CNCC2C1)c1ccccc1F.